The van der Waals surface area contributed by atoms with E-state index in [9.17, 15) is 0 Å². The predicted molar refractivity (Wildman–Crippen MR) is 80.6 cm³/mol. The molecule has 2 rings (SSSR count). The third kappa shape index (κ3) is 4.23. The molecule has 2 saturated carbocycles. The molecule has 0 amide bonds. The van der Waals surface area contributed by atoms with E-state index in [-0.39, 0.29) is 0 Å². The quantitative estimate of drug-likeness (QED) is 0.574. The maximum Gasteiger partial charge on any atom is 0.0655 e. The molecule has 0 bridgehead atoms. The van der Waals surface area contributed by atoms with Gasteiger partial charge in [-0.1, -0.05) is 46.0 Å². The van der Waals surface area contributed by atoms with Gasteiger partial charge in [-0.05, 0) is 55.8 Å². The number of fused-ring (bicyclic) bond motifs is 1. The molecular weight excluding hydrogens is 230 g/mol. The van der Waals surface area contributed by atoms with Gasteiger partial charge in [0.2, 0.25) is 0 Å². The van der Waals surface area contributed by atoms with E-state index in [1.807, 2.05) is 0 Å². The molecule has 1 heteroatoms. The van der Waals surface area contributed by atoms with Crippen LogP contribution in [0.3, 0.4) is 0 Å². The Morgan fingerprint density at radius 3 is 2.63 bits per heavy atom. The first-order valence-electron chi connectivity index (χ1n) is 8.62. The zero-order valence-electron chi connectivity index (χ0n) is 12.9. The largest absolute Gasteiger partial charge is 0.198 e. The zero-order chi connectivity index (χ0) is 13.7. The molecule has 2 aliphatic carbocycles. The maximum absolute atomic E-state index is 9.08. The molecule has 19 heavy (non-hydrogen) atoms. The van der Waals surface area contributed by atoms with Gasteiger partial charge in [-0.15, -0.1) is 0 Å². The smallest absolute Gasteiger partial charge is 0.0655 e. The van der Waals surface area contributed by atoms with E-state index in [4.69, 9.17) is 5.26 Å². The summed E-state index contributed by atoms with van der Waals surface area (Å²) in [5, 5.41) is 9.08. The van der Waals surface area contributed by atoms with E-state index in [2.05, 4.69) is 19.9 Å². The van der Waals surface area contributed by atoms with E-state index < -0.39 is 0 Å². The van der Waals surface area contributed by atoms with Crippen LogP contribution in [0.25, 0.3) is 0 Å². The van der Waals surface area contributed by atoms with Crippen LogP contribution in [0.5, 0.6) is 0 Å². The highest BCUT2D eigenvalue weighted by Gasteiger charge is 2.38. The summed E-state index contributed by atoms with van der Waals surface area (Å²) in [5.74, 6) is 4.17. The summed E-state index contributed by atoms with van der Waals surface area (Å²) in [6.07, 6.45) is 13.7. The fraction of sp³-hybridized carbons (Fsp3) is 0.944. The van der Waals surface area contributed by atoms with Gasteiger partial charge in [0, 0.05) is 5.92 Å². The molecular formula is C18H31N. The van der Waals surface area contributed by atoms with Gasteiger partial charge in [0.1, 0.15) is 0 Å². The minimum atomic E-state index is 0.380. The highest BCUT2D eigenvalue weighted by molar-refractivity contribution is 4.95. The zero-order valence-corrected chi connectivity index (χ0v) is 12.9. The summed E-state index contributed by atoms with van der Waals surface area (Å²) in [4.78, 5) is 0. The van der Waals surface area contributed by atoms with Crippen LogP contribution in [-0.2, 0) is 0 Å². The molecule has 0 saturated heterocycles. The Kier molecular flexibility index (Phi) is 5.74. The summed E-state index contributed by atoms with van der Waals surface area (Å²) in [6.45, 7) is 4.68. The van der Waals surface area contributed by atoms with E-state index in [1.165, 1.54) is 64.2 Å². The third-order valence-corrected chi connectivity index (χ3v) is 5.85. The molecule has 5 atom stereocenters. The van der Waals surface area contributed by atoms with Crippen LogP contribution < -0.4 is 0 Å². The molecule has 5 unspecified atom stereocenters. The van der Waals surface area contributed by atoms with Gasteiger partial charge in [-0.3, -0.25) is 0 Å². The van der Waals surface area contributed by atoms with E-state index in [1.54, 1.807) is 0 Å². The molecule has 108 valence electrons. The van der Waals surface area contributed by atoms with E-state index in [0.29, 0.717) is 5.92 Å². The van der Waals surface area contributed by atoms with Crippen molar-refractivity contribution in [3.05, 3.63) is 0 Å². The van der Waals surface area contributed by atoms with E-state index >= 15 is 0 Å². The van der Waals surface area contributed by atoms with Crippen LogP contribution in [-0.4, -0.2) is 0 Å². The van der Waals surface area contributed by atoms with Crippen molar-refractivity contribution in [1.29, 1.82) is 5.26 Å². The number of rotatable bonds is 6. The van der Waals surface area contributed by atoms with Gasteiger partial charge in [0.25, 0.3) is 0 Å². The molecule has 0 aromatic carbocycles. The summed E-state index contributed by atoms with van der Waals surface area (Å²) in [7, 11) is 0. The number of unbranched alkanes of at least 4 members (excludes halogenated alkanes) is 1. The van der Waals surface area contributed by atoms with Crippen LogP contribution in [0, 0.1) is 40.9 Å². The van der Waals surface area contributed by atoms with Crippen LogP contribution in [0.1, 0.15) is 78.1 Å². The van der Waals surface area contributed by atoms with Crippen molar-refractivity contribution in [1.82, 2.24) is 0 Å². The average molecular weight is 261 g/mol. The van der Waals surface area contributed by atoms with Crippen molar-refractivity contribution >= 4 is 0 Å². The van der Waals surface area contributed by atoms with Gasteiger partial charge < -0.3 is 0 Å². The first kappa shape index (κ1) is 14.9. The number of nitriles is 1. The fourth-order valence-corrected chi connectivity index (χ4v) is 4.36. The Labute approximate surface area is 119 Å². The number of hydrogen-bond donors (Lipinski definition) is 0. The average Bonchev–Trinajstić information content (AvgIpc) is 2.84. The molecule has 2 aliphatic rings. The summed E-state index contributed by atoms with van der Waals surface area (Å²) in [6, 6.07) is 2.50. The van der Waals surface area contributed by atoms with Crippen molar-refractivity contribution in [2.75, 3.05) is 0 Å². The van der Waals surface area contributed by atoms with Crippen molar-refractivity contribution < 1.29 is 0 Å². The van der Waals surface area contributed by atoms with Gasteiger partial charge in [-0.2, -0.15) is 5.26 Å². The lowest BCUT2D eigenvalue weighted by Crippen LogP contribution is -2.19. The molecule has 1 nitrogen and oxygen atoms in total. The summed E-state index contributed by atoms with van der Waals surface area (Å²) >= 11 is 0. The van der Waals surface area contributed by atoms with Gasteiger partial charge in [0.05, 0.1) is 6.07 Å². The lowest BCUT2D eigenvalue weighted by Gasteiger charge is -2.27. The molecule has 2 fully saturated rings. The highest BCUT2D eigenvalue weighted by atomic mass is 14.4. The van der Waals surface area contributed by atoms with Crippen LogP contribution >= 0.6 is 0 Å². The van der Waals surface area contributed by atoms with Crippen molar-refractivity contribution in [2.24, 2.45) is 29.6 Å². The first-order valence-corrected chi connectivity index (χ1v) is 8.62. The van der Waals surface area contributed by atoms with Gasteiger partial charge in [0.15, 0.2) is 0 Å². The lowest BCUT2D eigenvalue weighted by molar-refractivity contribution is 0.240. The first-order chi connectivity index (χ1) is 9.22. The third-order valence-electron chi connectivity index (χ3n) is 5.85. The molecule has 0 aromatic heterocycles. The number of nitrogens with zero attached hydrogens (tertiary/aromatic N) is 1. The predicted octanol–water partition coefficient (Wildman–Crippen LogP) is 5.56. The fourth-order valence-electron chi connectivity index (χ4n) is 4.36. The minimum absolute atomic E-state index is 0.380. The van der Waals surface area contributed by atoms with Crippen molar-refractivity contribution in [3.63, 3.8) is 0 Å². The van der Waals surface area contributed by atoms with E-state index in [0.717, 1.165) is 23.7 Å². The summed E-state index contributed by atoms with van der Waals surface area (Å²) < 4.78 is 0. The Morgan fingerprint density at radius 2 is 1.89 bits per heavy atom. The Morgan fingerprint density at radius 1 is 1.11 bits per heavy atom. The van der Waals surface area contributed by atoms with Gasteiger partial charge in [-0.25, -0.2) is 0 Å². The summed E-state index contributed by atoms with van der Waals surface area (Å²) in [5.41, 5.74) is 0. The monoisotopic (exact) mass is 261 g/mol. The minimum Gasteiger partial charge on any atom is -0.198 e. The highest BCUT2D eigenvalue weighted by Crippen LogP contribution is 2.48. The van der Waals surface area contributed by atoms with Crippen molar-refractivity contribution in [2.45, 2.75) is 78.1 Å². The molecule has 0 N–H and O–H groups in total. The topological polar surface area (TPSA) is 23.8 Å². The molecule has 0 radical (unpaired) electrons. The SMILES string of the molecule is CCC(C)CCCCC1CC2CCC(C#N)CC2C1. The molecule has 0 aromatic rings. The normalized spacial score (nSPS) is 35.6. The molecule has 0 aliphatic heterocycles. The second-order valence-corrected chi connectivity index (χ2v) is 7.29. The second-order valence-electron chi connectivity index (χ2n) is 7.29. The Balaban J connectivity index is 1.64. The van der Waals surface area contributed by atoms with Crippen LogP contribution in [0.15, 0.2) is 0 Å². The maximum atomic E-state index is 9.08. The van der Waals surface area contributed by atoms with Gasteiger partial charge >= 0.3 is 0 Å². The van der Waals surface area contributed by atoms with Crippen LogP contribution in [0.2, 0.25) is 0 Å². The standard InChI is InChI=1S/C18H31N/c1-3-14(2)6-4-5-7-15-10-17-9-8-16(13-19)12-18(17)11-15/h14-18H,3-12H2,1-2H3. The Bertz CT molecular complexity index is 303. The number of hydrogen-bond acceptors (Lipinski definition) is 1. The molecule has 0 heterocycles. The second kappa shape index (κ2) is 7.32. The lowest BCUT2D eigenvalue weighted by atomic mass is 9.76. The molecule has 0 spiro atoms. The Hall–Kier alpha value is -0.510. The van der Waals surface area contributed by atoms with Crippen LogP contribution in [0.4, 0.5) is 0 Å². The van der Waals surface area contributed by atoms with Crippen molar-refractivity contribution in [3.8, 4) is 6.07 Å².